The van der Waals surface area contributed by atoms with Crippen molar-refractivity contribution < 1.29 is 9.72 Å². The molecule has 1 aromatic carbocycles. The molecule has 1 amide bonds. The third kappa shape index (κ3) is 4.50. The van der Waals surface area contributed by atoms with E-state index in [-0.39, 0.29) is 11.6 Å². The predicted molar refractivity (Wildman–Crippen MR) is 82.9 cm³/mol. The summed E-state index contributed by atoms with van der Waals surface area (Å²) in [5.41, 5.74) is 0.768. The molecule has 0 radical (unpaired) electrons. The Kier molecular flexibility index (Phi) is 5.20. The SMILES string of the molecule is N#Cc1ccc(NCCNC(=O)c2ccc([N+](=O)[O-])cc2)nc1. The minimum Gasteiger partial charge on any atom is -0.368 e. The zero-order chi connectivity index (χ0) is 16.7. The fourth-order valence-corrected chi connectivity index (χ4v) is 1.77. The monoisotopic (exact) mass is 311 g/mol. The van der Waals surface area contributed by atoms with E-state index in [1.807, 2.05) is 6.07 Å². The van der Waals surface area contributed by atoms with Gasteiger partial charge >= 0.3 is 0 Å². The van der Waals surface area contributed by atoms with Crippen LogP contribution in [0, 0.1) is 21.4 Å². The maximum Gasteiger partial charge on any atom is 0.269 e. The molecule has 0 bridgehead atoms. The fraction of sp³-hybridized carbons (Fsp3) is 0.133. The van der Waals surface area contributed by atoms with Gasteiger partial charge in [-0.05, 0) is 24.3 Å². The maximum absolute atomic E-state index is 11.9. The normalized spacial score (nSPS) is 9.70. The molecule has 0 aliphatic rings. The largest absolute Gasteiger partial charge is 0.368 e. The second-order valence-corrected chi connectivity index (χ2v) is 4.53. The van der Waals surface area contributed by atoms with Crippen LogP contribution in [-0.2, 0) is 0 Å². The van der Waals surface area contributed by atoms with E-state index in [0.717, 1.165) is 0 Å². The topological polar surface area (TPSA) is 121 Å². The quantitative estimate of drug-likeness (QED) is 0.476. The molecule has 0 spiro atoms. The first-order valence-corrected chi connectivity index (χ1v) is 6.73. The summed E-state index contributed by atoms with van der Waals surface area (Å²) in [6, 6.07) is 10.7. The number of nitro groups is 1. The van der Waals surface area contributed by atoms with Gasteiger partial charge in [-0.15, -0.1) is 0 Å². The molecule has 23 heavy (non-hydrogen) atoms. The lowest BCUT2D eigenvalue weighted by molar-refractivity contribution is -0.384. The average Bonchev–Trinajstić information content (AvgIpc) is 2.59. The van der Waals surface area contributed by atoms with Crippen LogP contribution in [0.4, 0.5) is 11.5 Å². The van der Waals surface area contributed by atoms with Crippen molar-refractivity contribution >= 4 is 17.4 Å². The summed E-state index contributed by atoms with van der Waals surface area (Å²) >= 11 is 0. The number of nitrogens with zero attached hydrogens (tertiary/aromatic N) is 3. The lowest BCUT2D eigenvalue weighted by Gasteiger charge is -2.07. The third-order valence-corrected chi connectivity index (χ3v) is 2.95. The molecule has 0 atom stereocenters. The van der Waals surface area contributed by atoms with Crippen LogP contribution >= 0.6 is 0 Å². The van der Waals surface area contributed by atoms with Crippen LogP contribution in [-0.4, -0.2) is 28.9 Å². The molecule has 0 aliphatic carbocycles. The van der Waals surface area contributed by atoms with Gasteiger partial charge in [0.05, 0.1) is 10.5 Å². The average molecular weight is 311 g/mol. The number of pyridine rings is 1. The molecule has 116 valence electrons. The highest BCUT2D eigenvalue weighted by Gasteiger charge is 2.08. The van der Waals surface area contributed by atoms with Crippen LogP contribution in [0.1, 0.15) is 15.9 Å². The highest BCUT2D eigenvalue weighted by atomic mass is 16.6. The number of carbonyl (C=O) groups excluding carboxylic acids is 1. The number of nitro benzene ring substituents is 1. The fourth-order valence-electron chi connectivity index (χ4n) is 1.77. The van der Waals surface area contributed by atoms with Crippen LogP contribution in [0.5, 0.6) is 0 Å². The van der Waals surface area contributed by atoms with Gasteiger partial charge in [0.1, 0.15) is 11.9 Å². The first kappa shape index (κ1) is 15.9. The van der Waals surface area contributed by atoms with Crippen molar-refractivity contribution in [2.45, 2.75) is 0 Å². The molecule has 1 heterocycles. The number of hydrogen-bond donors (Lipinski definition) is 2. The molecule has 8 nitrogen and oxygen atoms in total. The van der Waals surface area contributed by atoms with E-state index in [9.17, 15) is 14.9 Å². The molecule has 0 unspecified atom stereocenters. The van der Waals surface area contributed by atoms with Gasteiger partial charge in [-0.1, -0.05) is 0 Å². The van der Waals surface area contributed by atoms with Crippen molar-refractivity contribution in [2.75, 3.05) is 18.4 Å². The number of carbonyl (C=O) groups is 1. The number of benzene rings is 1. The molecule has 0 saturated carbocycles. The van der Waals surface area contributed by atoms with E-state index >= 15 is 0 Å². The van der Waals surface area contributed by atoms with Crippen LogP contribution < -0.4 is 10.6 Å². The van der Waals surface area contributed by atoms with Crippen molar-refractivity contribution in [1.82, 2.24) is 10.3 Å². The summed E-state index contributed by atoms with van der Waals surface area (Å²) in [5.74, 6) is 0.295. The molecule has 0 fully saturated rings. The van der Waals surface area contributed by atoms with E-state index in [1.165, 1.54) is 30.5 Å². The van der Waals surface area contributed by atoms with E-state index in [1.54, 1.807) is 12.1 Å². The minimum absolute atomic E-state index is 0.0601. The molecule has 2 aromatic rings. The van der Waals surface area contributed by atoms with Crippen LogP contribution in [0.15, 0.2) is 42.6 Å². The van der Waals surface area contributed by atoms with Gasteiger partial charge in [0.25, 0.3) is 11.6 Å². The Labute approximate surface area is 131 Å². The van der Waals surface area contributed by atoms with Gasteiger partial charge < -0.3 is 10.6 Å². The van der Waals surface area contributed by atoms with E-state index in [0.29, 0.717) is 30.0 Å². The number of rotatable bonds is 6. The maximum atomic E-state index is 11.9. The van der Waals surface area contributed by atoms with E-state index < -0.39 is 4.92 Å². The zero-order valence-electron chi connectivity index (χ0n) is 12.0. The summed E-state index contributed by atoms with van der Waals surface area (Å²) in [6.45, 7) is 0.815. The highest BCUT2D eigenvalue weighted by Crippen LogP contribution is 2.11. The molecule has 1 aromatic heterocycles. The molecule has 0 saturated heterocycles. The van der Waals surface area contributed by atoms with Gasteiger partial charge in [-0.25, -0.2) is 4.98 Å². The number of nitriles is 1. The van der Waals surface area contributed by atoms with Gasteiger partial charge in [-0.3, -0.25) is 14.9 Å². The number of anilines is 1. The van der Waals surface area contributed by atoms with Crippen LogP contribution in [0.2, 0.25) is 0 Å². The van der Waals surface area contributed by atoms with Crippen molar-refractivity contribution in [3.8, 4) is 6.07 Å². The van der Waals surface area contributed by atoms with Crippen molar-refractivity contribution in [3.05, 3.63) is 63.8 Å². The molecule has 2 N–H and O–H groups in total. The van der Waals surface area contributed by atoms with Gasteiger partial charge in [0, 0.05) is 37.0 Å². The number of hydrogen-bond acceptors (Lipinski definition) is 6. The van der Waals surface area contributed by atoms with Crippen molar-refractivity contribution in [1.29, 1.82) is 5.26 Å². The Morgan fingerprint density at radius 1 is 1.22 bits per heavy atom. The first-order valence-electron chi connectivity index (χ1n) is 6.73. The lowest BCUT2D eigenvalue weighted by Crippen LogP contribution is -2.28. The Balaban J connectivity index is 1.78. The molecule has 2 rings (SSSR count). The van der Waals surface area contributed by atoms with Crippen LogP contribution in [0.25, 0.3) is 0 Å². The third-order valence-electron chi connectivity index (χ3n) is 2.95. The summed E-state index contributed by atoms with van der Waals surface area (Å²) < 4.78 is 0. The van der Waals surface area contributed by atoms with Crippen molar-refractivity contribution in [2.24, 2.45) is 0 Å². The first-order chi connectivity index (χ1) is 11.1. The van der Waals surface area contributed by atoms with E-state index in [4.69, 9.17) is 5.26 Å². The summed E-state index contributed by atoms with van der Waals surface area (Å²) in [5, 5.41) is 24.9. The minimum atomic E-state index is -0.518. The zero-order valence-corrected chi connectivity index (χ0v) is 12.0. The lowest BCUT2D eigenvalue weighted by atomic mass is 10.2. The summed E-state index contributed by atoms with van der Waals surface area (Å²) in [4.78, 5) is 25.9. The number of amides is 1. The Morgan fingerprint density at radius 2 is 1.96 bits per heavy atom. The molecule has 0 aliphatic heterocycles. The van der Waals surface area contributed by atoms with Crippen molar-refractivity contribution in [3.63, 3.8) is 0 Å². The molecule has 8 heteroatoms. The Morgan fingerprint density at radius 3 is 2.52 bits per heavy atom. The second-order valence-electron chi connectivity index (χ2n) is 4.53. The van der Waals surface area contributed by atoms with Gasteiger partial charge in [0.2, 0.25) is 0 Å². The summed E-state index contributed by atoms with van der Waals surface area (Å²) in [6.07, 6.45) is 1.46. The second kappa shape index (κ2) is 7.51. The molecular weight excluding hydrogens is 298 g/mol. The Hall–Kier alpha value is -3.47. The van der Waals surface area contributed by atoms with Crippen LogP contribution in [0.3, 0.4) is 0 Å². The Bertz CT molecular complexity index is 735. The predicted octanol–water partition coefficient (Wildman–Crippen LogP) is 1.70. The smallest absolute Gasteiger partial charge is 0.269 e. The number of non-ortho nitro benzene ring substituents is 1. The van der Waals surface area contributed by atoms with Gasteiger partial charge in [-0.2, -0.15) is 5.26 Å². The number of aromatic nitrogens is 1. The summed E-state index contributed by atoms with van der Waals surface area (Å²) in [7, 11) is 0. The van der Waals surface area contributed by atoms with E-state index in [2.05, 4.69) is 15.6 Å². The standard InChI is InChI=1S/C15H13N5O3/c16-9-11-1-6-14(19-10-11)17-7-8-18-15(21)12-2-4-13(5-3-12)20(22)23/h1-6,10H,7-8H2,(H,17,19)(H,18,21). The van der Waals surface area contributed by atoms with Gasteiger partial charge in [0.15, 0.2) is 0 Å². The highest BCUT2D eigenvalue weighted by molar-refractivity contribution is 5.94. The molecular formula is C15H13N5O3. The number of nitrogens with one attached hydrogen (secondary N) is 2.